The first-order valence-corrected chi connectivity index (χ1v) is 8.77. The smallest absolute Gasteiger partial charge is 0.162 e. The third-order valence-electron chi connectivity index (χ3n) is 3.84. The van der Waals surface area contributed by atoms with Gasteiger partial charge in [-0.3, -0.25) is 0 Å². The highest BCUT2D eigenvalue weighted by Gasteiger charge is 2.26. The Morgan fingerprint density at radius 2 is 1.65 bits per heavy atom. The zero-order chi connectivity index (χ0) is 13.9. The summed E-state index contributed by atoms with van der Waals surface area (Å²) in [6.45, 7) is 3.15. The van der Waals surface area contributed by atoms with E-state index in [2.05, 4.69) is 37.9 Å². The van der Waals surface area contributed by atoms with E-state index in [9.17, 15) is 0 Å². The van der Waals surface area contributed by atoms with Gasteiger partial charge in [-0.15, -0.1) is 0 Å². The van der Waals surface area contributed by atoms with Gasteiger partial charge in [-0.25, -0.2) is 0 Å². The van der Waals surface area contributed by atoms with Crippen molar-refractivity contribution < 1.29 is 14.2 Å². The highest BCUT2D eigenvalue weighted by Crippen LogP contribution is 2.44. The van der Waals surface area contributed by atoms with Gasteiger partial charge < -0.3 is 14.2 Å². The molecule has 3 rings (SSSR count). The largest absolute Gasteiger partial charge is 0.490 e. The van der Waals surface area contributed by atoms with Crippen LogP contribution < -0.4 is 9.47 Å². The standard InChI is InChI=1S/C15H18Br2O3/c16-12-9-14-13(19-4-1-5-20-14)8-11(12)15(17)10-2-6-18-7-3-10/h8-10,15H,1-7H2. The molecule has 0 saturated carbocycles. The van der Waals surface area contributed by atoms with E-state index in [0.717, 1.165) is 61.7 Å². The van der Waals surface area contributed by atoms with Gasteiger partial charge in [0.15, 0.2) is 11.5 Å². The van der Waals surface area contributed by atoms with Crippen LogP contribution in [0, 0.1) is 5.92 Å². The van der Waals surface area contributed by atoms with Crippen LogP contribution in [-0.2, 0) is 4.74 Å². The molecule has 3 nitrogen and oxygen atoms in total. The number of alkyl halides is 1. The molecule has 5 heteroatoms. The van der Waals surface area contributed by atoms with E-state index in [1.54, 1.807) is 0 Å². The topological polar surface area (TPSA) is 27.7 Å². The number of hydrogen-bond acceptors (Lipinski definition) is 3. The minimum Gasteiger partial charge on any atom is -0.490 e. The lowest BCUT2D eigenvalue weighted by Gasteiger charge is -2.27. The van der Waals surface area contributed by atoms with Gasteiger partial charge in [0.25, 0.3) is 0 Å². The fourth-order valence-corrected chi connectivity index (χ4v) is 4.46. The normalized spacial score (nSPS) is 21.3. The molecule has 0 bridgehead atoms. The molecule has 1 atom stereocenters. The molecular formula is C15H18Br2O3. The molecule has 2 aliphatic rings. The second kappa shape index (κ2) is 6.67. The SMILES string of the molecule is Brc1cc2c(cc1C(Br)C1CCOCC1)OCCCO2. The molecule has 0 aliphatic carbocycles. The maximum Gasteiger partial charge on any atom is 0.162 e. The second-order valence-corrected chi connectivity index (χ2v) is 7.06. The fourth-order valence-electron chi connectivity index (χ4n) is 2.67. The first-order valence-electron chi connectivity index (χ1n) is 7.06. The molecule has 1 aromatic carbocycles. The average Bonchev–Trinajstić information content (AvgIpc) is 2.71. The number of benzene rings is 1. The van der Waals surface area contributed by atoms with Crippen molar-refractivity contribution in [2.24, 2.45) is 5.92 Å². The van der Waals surface area contributed by atoms with Crippen molar-refractivity contribution in [3.8, 4) is 11.5 Å². The van der Waals surface area contributed by atoms with Crippen LogP contribution >= 0.6 is 31.9 Å². The molecule has 0 N–H and O–H groups in total. The van der Waals surface area contributed by atoms with Crippen LogP contribution in [0.4, 0.5) is 0 Å². The Hall–Kier alpha value is -0.260. The van der Waals surface area contributed by atoms with Crippen molar-refractivity contribution in [2.75, 3.05) is 26.4 Å². The maximum atomic E-state index is 5.79. The summed E-state index contributed by atoms with van der Waals surface area (Å²) in [5, 5.41) is 0. The maximum absolute atomic E-state index is 5.79. The molecule has 1 saturated heterocycles. The van der Waals surface area contributed by atoms with Crippen molar-refractivity contribution in [3.05, 3.63) is 22.2 Å². The predicted molar refractivity (Wildman–Crippen MR) is 85.0 cm³/mol. The Balaban J connectivity index is 1.86. The minimum atomic E-state index is 0.318. The van der Waals surface area contributed by atoms with E-state index in [4.69, 9.17) is 14.2 Å². The van der Waals surface area contributed by atoms with Crippen molar-refractivity contribution >= 4 is 31.9 Å². The molecule has 20 heavy (non-hydrogen) atoms. The third kappa shape index (κ3) is 3.15. The van der Waals surface area contributed by atoms with Crippen LogP contribution in [0.1, 0.15) is 29.7 Å². The molecule has 0 radical (unpaired) electrons. The van der Waals surface area contributed by atoms with E-state index >= 15 is 0 Å². The molecule has 2 heterocycles. The van der Waals surface area contributed by atoms with Gasteiger partial charge in [0, 0.05) is 28.9 Å². The van der Waals surface area contributed by atoms with Crippen molar-refractivity contribution in [1.29, 1.82) is 0 Å². The molecule has 1 aromatic rings. The highest BCUT2D eigenvalue weighted by atomic mass is 79.9. The summed E-state index contributed by atoms with van der Waals surface area (Å²) in [5.74, 6) is 2.30. The van der Waals surface area contributed by atoms with E-state index in [1.807, 2.05) is 6.07 Å². The summed E-state index contributed by atoms with van der Waals surface area (Å²) in [7, 11) is 0. The highest BCUT2D eigenvalue weighted by molar-refractivity contribution is 9.11. The summed E-state index contributed by atoms with van der Waals surface area (Å²) in [4.78, 5) is 0.318. The molecule has 2 aliphatic heterocycles. The summed E-state index contributed by atoms with van der Waals surface area (Å²) < 4.78 is 18.0. The molecular weight excluding hydrogens is 388 g/mol. The van der Waals surface area contributed by atoms with Gasteiger partial charge in [0.1, 0.15) is 0 Å². The number of halogens is 2. The first-order chi connectivity index (χ1) is 9.75. The molecule has 1 fully saturated rings. The molecule has 0 aromatic heterocycles. The summed E-state index contributed by atoms with van der Waals surface area (Å²) in [6, 6.07) is 4.14. The predicted octanol–water partition coefficient (Wildman–Crippen LogP) is 4.47. The molecule has 1 unspecified atom stereocenters. The zero-order valence-corrected chi connectivity index (χ0v) is 14.4. The van der Waals surface area contributed by atoms with Crippen molar-refractivity contribution in [1.82, 2.24) is 0 Å². The third-order valence-corrected chi connectivity index (χ3v) is 5.77. The number of fused-ring (bicyclic) bond motifs is 1. The van der Waals surface area contributed by atoms with Gasteiger partial charge >= 0.3 is 0 Å². The molecule has 0 spiro atoms. The first kappa shape index (κ1) is 14.7. The fraction of sp³-hybridized carbons (Fsp3) is 0.600. The lowest BCUT2D eigenvalue weighted by molar-refractivity contribution is 0.0661. The lowest BCUT2D eigenvalue weighted by atomic mass is 9.92. The summed E-state index contributed by atoms with van der Waals surface area (Å²) in [5.41, 5.74) is 1.24. The van der Waals surface area contributed by atoms with Crippen LogP contribution in [0.3, 0.4) is 0 Å². The monoisotopic (exact) mass is 404 g/mol. The number of rotatable bonds is 2. The van der Waals surface area contributed by atoms with E-state index in [1.165, 1.54) is 5.56 Å². The van der Waals surface area contributed by atoms with E-state index in [-0.39, 0.29) is 0 Å². The Kier molecular flexibility index (Phi) is 4.89. The van der Waals surface area contributed by atoms with Crippen LogP contribution in [-0.4, -0.2) is 26.4 Å². The van der Waals surface area contributed by atoms with Crippen LogP contribution in [0.15, 0.2) is 16.6 Å². The Morgan fingerprint density at radius 3 is 2.35 bits per heavy atom. The summed E-state index contributed by atoms with van der Waals surface area (Å²) >= 11 is 7.54. The lowest BCUT2D eigenvalue weighted by Crippen LogP contribution is -2.19. The Morgan fingerprint density at radius 1 is 1.00 bits per heavy atom. The second-order valence-electron chi connectivity index (χ2n) is 5.22. The Bertz CT molecular complexity index is 472. The van der Waals surface area contributed by atoms with Crippen molar-refractivity contribution in [3.63, 3.8) is 0 Å². The van der Waals surface area contributed by atoms with E-state index < -0.39 is 0 Å². The van der Waals surface area contributed by atoms with E-state index in [0.29, 0.717) is 10.7 Å². The molecule has 110 valence electrons. The van der Waals surface area contributed by atoms with Crippen LogP contribution in [0.5, 0.6) is 11.5 Å². The van der Waals surface area contributed by atoms with Gasteiger partial charge in [-0.05, 0) is 36.5 Å². The van der Waals surface area contributed by atoms with Gasteiger partial charge in [0.05, 0.1) is 13.2 Å². The van der Waals surface area contributed by atoms with Gasteiger partial charge in [0.2, 0.25) is 0 Å². The van der Waals surface area contributed by atoms with Crippen LogP contribution in [0.2, 0.25) is 0 Å². The number of ether oxygens (including phenoxy) is 3. The number of hydrogen-bond donors (Lipinski definition) is 0. The summed E-state index contributed by atoms with van der Waals surface area (Å²) in [6.07, 6.45) is 3.12. The molecule has 0 amide bonds. The zero-order valence-electron chi connectivity index (χ0n) is 11.2. The minimum absolute atomic E-state index is 0.318. The Labute approximate surface area is 136 Å². The van der Waals surface area contributed by atoms with Crippen molar-refractivity contribution in [2.45, 2.75) is 24.1 Å². The van der Waals surface area contributed by atoms with Crippen LogP contribution in [0.25, 0.3) is 0 Å². The van der Waals surface area contributed by atoms with Gasteiger partial charge in [-0.2, -0.15) is 0 Å². The van der Waals surface area contributed by atoms with Gasteiger partial charge in [-0.1, -0.05) is 31.9 Å². The average molecular weight is 406 g/mol. The quantitative estimate of drug-likeness (QED) is 0.679.